The number of fused-ring (bicyclic) bond motifs is 1. The number of nitrogens with one attached hydrogen (secondary N) is 2. The second-order valence-corrected chi connectivity index (χ2v) is 5.45. The summed E-state index contributed by atoms with van der Waals surface area (Å²) in [4.78, 5) is 20.5. The van der Waals surface area contributed by atoms with Crippen LogP contribution in [0, 0.1) is 0 Å². The van der Waals surface area contributed by atoms with E-state index in [2.05, 4.69) is 20.7 Å². The Morgan fingerprint density at radius 2 is 2.14 bits per heavy atom. The summed E-state index contributed by atoms with van der Waals surface area (Å²) in [6, 6.07) is 8.62. The molecule has 8 heteroatoms. The van der Waals surface area contributed by atoms with Crippen molar-refractivity contribution in [1.29, 1.82) is 0 Å². The fraction of sp³-hybridized carbons (Fsp3) is 0. The molecular formula is C13H10ClN5OS. The smallest absolute Gasteiger partial charge is 0.275 e. The monoisotopic (exact) mass is 319 g/mol. The van der Waals surface area contributed by atoms with Crippen LogP contribution in [0.1, 0.15) is 10.5 Å². The highest BCUT2D eigenvalue weighted by atomic mass is 35.5. The van der Waals surface area contributed by atoms with E-state index in [9.17, 15) is 4.79 Å². The van der Waals surface area contributed by atoms with Crippen LogP contribution in [-0.2, 0) is 0 Å². The van der Waals surface area contributed by atoms with Crippen LogP contribution in [0.5, 0.6) is 0 Å². The van der Waals surface area contributed by atoms with Crippen LogP contribution in [0.25, 0.3) is 10.2 Å². The summed E-state index contributed by atoms with van der Waals surface area (Å²) in [6.07, 6.45) is 0. The molecule has 0 spiro atoms. The minimum Gasteiger partial charge on any atom is -0.321 e. The summed E-state index contributed by atoms with van der Waals surface area (Å²) >= 11 is 7.49. The van der Waals surface area contributed by atoms with Gasteiger partial charge < -0.3 is 10.7 Å². The van der Waals surface area contributed by atoms with Crippen molar-refractivity contribution < 1.29 is 4.79 Å². The first kappa shape index (κ1) is 13.7. The van der Waals surface area contributed by atoms with Gasteiger partial charge in [0.1, 0.15) is 11.5 Å². The molecule has 106 valence electrons. The standard InChI is InChI=1S/C13H10ClN5OS/c14-8-2-4-11(19-15)18-12(8)13(20)17-7-1-3-9-10(5-7)21-6-16-9/h1-6H,15H2,(H,17,20)(H,18,19). The van der Waals surface area contributed by atoms with Crippen molar-refractivity contribution >= 4 is 50.6 Å². The number of nitrogens with two attached hydrogens (primary N) is 1. The molecule has 0 aliphatic rings. The van der Waals surface area contributed by atoms with E-state index in [1.54, 1.807) is 23.7 Å². The minimum atomic E-state index is -0.402. The highest BCUT2D eigenvalue weighted by Gasteiger charge is 2.13. The van der Waals surface area contributed by atoms with Crippen molar-refractivity contribution in [3.8, 4) is 0 Å². The number of carbonyl (C=O) groups is 1. The number of hydrogen-bond acceptors (Lipinski definition) is 6. The molecule has 0 radical (unpaired) electrons. The highest BCUT2D eigenvalue weighted by Crippen LogP contribution is 2.23. The molecule has 0 unspecified atom stereocenters. The van der Waals surface area contributed by atoms with Crippen molar-refractivity contribution in [3.05, 3.63) is 46.6 Å². The molecule has 21 heavy (non-hydrogen) atoms. The van der Waals surface area contributed by atoms with Gasteiger partial charge >= 0.3 is 0 Å². The SMILES string of the molecule is NNc1ccc(Cl)c(C(=O)Nc2ccc3ncsc3c2)n1. The number of nitrogen functional groups attached to an aromatic ring is 1. The van der Waals surface area contributed by atoms with Crippen molar-refractivity contribution in [2.75, 3.05) is 10.7 Å². The van der Waals surface area contributed by atoms with Crippen LogP contribution in [0.15, 0.2) is 35.8 Å². The number of hydrazine groups is 1. The average molecular weight is 320 g/mol. The lowest BCUT2D eigenvalue weighted by atomic mass is 10.2. The third kappa shape index (κ3) is 2.80. The first-order valence-electron chi connectivity index (χ1n) is 5.95. The van der Waals surface area contributed by atoms with Gasteiger partial charge in [-0.15, -0.1) is 11.3 Å². The Kier molecular flexibility index (Phi) is 3.70. The number of pyridine rings is 1. The Labute approximate surface area is 128 Å². The van der Waals surface area contributed by atoms with Gasteiger partial charge in [-0.1, -0.05) is 11.6 Å². The predicted molar refractivity (Wildman–Crippen MR) is 84.6 cm³/mol. The number of benzene rings is 1. The number of thiazole rings is 1. The largest absolute Gasteiger partial charge is 0.321 e. The summed E-state index contributed by atoms with van der Waals surface area (Å²) in [7, 11) is 0. The number of carbonyl (C=O) groups excluding carboxylic acids is 1. The molecule has 2 aromatic heterocycles. The summed E-state index contributed by atoms with van der Waals surface area (Å²) in [6.45, 7) is 0. The molecule has 4 N–H and O–H groups in total. The van der Waals surface area contributed by atoms with E-state index in [4.69, 9.17) is 17.4 Å². The fourth-order valence-corrected chi connectivity index (χ4v) is 2.71. The highest BCUT2D eigenvalue weighted by molar-refractivity contribution is 7.16. The Balaban J connectivity index is 1.88. The Morgan fingerprint density at radius 1 is 1.29 bits per heavy atom. The number of amides is 1. The molecule has 0 aliphatic heterocycles. The molecule has 6 nitrogen and oxygen atoms in total. The van der Waals surface area contributed by atoms with E-state index in [1.807, 2.05) is 12.1 Å². The van der Waals surface area contributed by atoms with Crippen LogP contribution in [0.2, 0.25) is 5.02 Å². The average Bonchev–Trinajstić information content (AvgIpc) is 2.95. The molecule has 0 fully saturated rings. The van der Waals surface area contributed by atoms with Crippen molar-refractivity contribution in [2.24, 2.45) is 5.84 Å². The van der Waals surface area contributed by atoms with Gasteiger partial charge in [-0.05, 0) is 30.3 Å². The molecule has 1 aromatic carbocycles. The Bertz CT molecular complexity index is 819. The second-order valence-electron chi connectivity index (χ2n) is 4.16. The van der Waals surface area contributed by atoms with Gasteiger partial charge in [-0.2, -0.15) is 0 Å². The van der Waals surface area contributed by atoms with E-state index < -0.39 is 5.91 Å². The number of halogens is 1. The van der Waals surface area contributed by atoms with Crippen LogP contribution < -0.4 is 16.6 Å². The molecule has 3 aromatic rings. The second kappa shape index (κ2) is 5.65. The summed E-state index contributed by atoms with van der Waals surface area (Å²) < 4.78 is 0.990. The summed E-state index contributed by atoms with van der Waals surface area (Å²) in [5.41, 5.74) is 5.79. The van der Waals surface area contributed by atoms with Gasteiger partial charge in [0.05, 0.1) is 20.7 Å². The number of anilines is 2. The van der Waals surface area contributed by atoms with E-state index in [0.29, 0.717) is 11.5 Å². The molecule has 0 saturated carbocycles. The van der Waals surface area contributed by atoms with E-state index in [1.165, 1.54) is 11.3 Å². The van der Waals surface area contributed by atoms with Crippen LogP contribution in [0.3, 0.4) is 0 Å². The van der Waals surface area contributed by atoms with Gasteiger partial charge in [0.25, 0.3) is 5.91 Å². The van der Waals surface area contributed by atoms with Gasteiger partial charge in [0, 0.05) is 5.69 Å². The third-order valence-corrected chi connectivity index (χ3v) is 3.89. The summed E-state index contributed by atoms with van der Waals surface area (Å²) in [5, 5.41) is 3.01. The third-order valence-electron chi connectivity index (χ3n) is 2.80. The lowest BCUT2D eigenvalue weighted by Gasteiger charge is -2.07. The first-order chi connectivity index (χ1) is 10.2. The molecular weight excluding hydrogens is 310 g/mol. The van der Waals surface area contributed by atoms with Gasteiger partial charge in [-0.3, -0.25) is 4.79 Å². The fourth-order valence-electron chi connectivity index (χ4n) is 1.80. The van der Waals surface area contributed by atoms with Crippen molar-refractivity contribution in [2.45, 2.75) is 0 Å². The van der Waals surface area contributed by atoms with Crippen molar-refractivity contribution in [1.82, 2.24) is 9.97 Å². The molecule has 2 heterocycles. The molecule has 0 bridgehead atoms. The molecule has 0 aliphatic carbocycles. The maximum Gasteiger partial charge on any atom is 0.275 e. The number of aromatic nitrogens is 2. The topological polar surface area (TPSA) is 92.9 Å². The summed E-state index contributed by atoms with van der Waals surface area (Å²) in [5.74, 6) is 5.24. The lowest BCUT2D eigenvalue weighted by Crippen LogP contribution is -2.16. The van der Waals surface area contributed by atoms with Gasteiger partial charge in [0.15, 0.2) is 0 Å². The molecule has 3 rings (SSSR count). The Morgan fingerprint density at radius 3 is 2.95 bits per heavy atom. The molecule has 0 saturated heterocycles. The zero-order valence-corrected chi connectivity index (χ0v) is 12.2. The van der Waals surface area contributed by atoms with Crippen LogP contribution in [0.4, 0.5) is 11.5 Å². The number of hydrogen-bond donors (Lipinski definition) is 3. The lowest BCUT2D eigenvalue weighted by molar-refractivity contribution is 0.102. The number of rotatable bonds is 3. The Hall–Kier alpha value is -2.22. The zero-order valence-electron chi connectivity index (χ0n) is 10.6. The van der Waals surface area contributed by atoms with Gasteiger partial charge in [-0.25, -0.2) is 15.8 Å². The normalized spacial score (nSPS) is 10.6. The number of nitrogens with zero attached hydrogens (tertiary/aromatic N) is 2. The quantitative estimate of drug-likeness (QED) is 0.510. The zero-order chi connectivity index (χ0) is 14.8. The predicted octanol–water partition coefficient (Wildman–Crippen LogP) is 2.88. The van der Waals surface area contributed by atoms with E-state index in [0.717, 1.165) is 10.2 Å². The maximum absolute atomic E-state index is 12.2. The maximum atomic E-state index is 12.2. The van der Waals surface area contributed by atoms with Crippen LogP contribution >= 0.6 is 22.9 Å². The van der Waals surface area contributed by atoms with Gasteiger partial charge in [0.2, 0.25) is 0 Å². The first-order valence-corrected chi connectivity index (χ1v) is 7.21. The molecule has 1 amide bonds. The van der Waals surface area contributed by atoms with Crippen molar-refractivity contribution in [3.63, 3.8) is 0 Å². The van der Waals surface area contributed by atoms with Crippen LogP contribution in [-0.4, -0.2) is 15.9 Å². The molecule has 0 atom stereocenters. The van der Waals surface area contributed by atoms with E-state index >= 15 is 0 Å². The minimum absolute atomic E-state index is 0.108. The van der Waals surface area contributed by atoms with E-state index in [-0.39, 0.29) is 10.7 Å².